The van der Waals surface area contributed by atoms with Gasteiger partial charge >= 0.3 is 0 Å². The molecule has 0 aromatic carbocycles. The Labute approximate surface area is 94.8 Å². The molecule has 0 aliphatic heterocycles. The Hall–Kier alpha value is -1.18. The fourth-order valence-electron chi connectivity index (χ4n) is 1.13. The molecule has 0 radical (unpaired) electrons. The maximum absolute atomic E-state index is 11.7. The average Bonchev–Trinajstić information content (AvgIpc) is 2.27. The quantitative estimate of drug-likeness (QED) is 0.644. The Morgan fingerprint density at radius 2 is 2.19 bits per heavy atom. The Morgan fingerprint density at radius 3 is 2.81 bits per heavy atom. The van der Waals surface area contributed by atoms with E-state index in [2.05, 4.69) is 15.0 Å². The van der Waals surface area contributed by atoms with E-state index >= 15 is 0 Å². The number of rotatable bonds is 6. The first kappa shape index (κ1) is 12.9. The minimum Gasteiger partial charge on any atom is -0.395 e. The van der Waals surface area contributed by atoms with Gasteiger partial charge in [0.15, 0.2) is 0 Å². The van der Waals surface area contributed by atoms with Gasteiger partial charge in [0.1, 0.15) is 4.90 Å². The molecule has 0 spiro atoms. The third-order valence-electron chi connectivity index (χ3n) is 1.81. The lowest BCUT2D eigenvalue weighted by Gasteiger charge is -2.07. The summed E-state index contributed by atoms with van der Waals surface area (Å²) in [6.45, 7) is 2.35. The molecule has 1 heterocycles. The Bertz CT molecular complexity index is 433. The molecule has 1 rings (SSSR count). The molecule has 90 valence electrons. The van der Waals surface area contributed by atoms with Crippen LogP contribution in [0.1, 0.15) is 6.92 Å². The summed E-state index contributed by atoms with van der Waals surface area (Å²) in [4.78, 5) is 3.92. The predicted octanol–water partition coefficient (Wildman–Crippen LogP) is -0.216. The third kappa shape index (κ3) is 3.44. The lowest BCUT2D eigenvalue weighted by Crippen LogP contribution is -2.26. The number of aromatic nitrogens is 1. The highest BCUT2D eigenvalue weighted by molar-refractivity contribution is 7.89. The maximum atomic E-state index is 11.7. The summed E-state index contributed by atoms with van der Waals surface area (Å²) in [7, 11) is -3.58. The van der Waals surface area contributed by atoms with Crippen LogP contribution in [0.2, 0.25) is 0 Å². The van der Waals surface area contributed by atoms with Crippen molar-refractivity contribution < 1.29 is 13.5 Å². The van der Waals surface area contributed by atoms with Crippen molar-refractivity contribution >= 4 is 15.7 Å². The average molecular weight is 245 g/mol. The van der Waals surface area contributed by atoms with Crippen LogP contribution in [0.5, 0.6) is 0 Å². The molecule has 0 bridgehead atoms. The van der Waals surface area contributed by atoms with E-state index in [0.717, 1.165) is 0 Å². The number of nitrogens with zero attached hydrogens (tertiary/aromatic N) is 1. The van der Waals surface area contributed by atoms with Crippen molar-refractivity contribution in [1.82, 2.24) is 9.71 Å². The van der Waals surface area contributed by atoms with Gasteiger partial charge < -0.3 is 10.4 Å². The van der Waals surface area contributed by atoms with Crippen LogP contribution in [-0.2, 0) is 10.0 Å². The van der Waals surface area contributed by atoms with Crippen molar-refractivity contribution in [2.24, 2.45) is 0 Å². The smallest absolute Gasteiger partial charge is 0.242 e. The molecule has 0 saturated heterocycles. The topological polar surface area (TPSA) is 91.3 Å². The van der Waals surface area contributed by atoms with Gasteiger partial charge in [-0.15, -0.1) is 0 Å². The van der Waals surface area contributed by atoms with Gasteiger partial charge in [-0.2, -0.15) is 0 Å². The molecule has 0 fully saturated rings. The normalized spacial score (nSPS) is 11.4. The molecular weight excluding hydrogens is 230 g/mol. The van der Waals surface area contributed by atoms with Crippen molar-refractivity contribution in [3.63, 3.8) is 0 Å². The molecule has 0 amide bonds. The Balaban J connectivity index is 2.90. The highest BCUT2D eigenvalue weighted by Gasteiger charge is 2.13. The summed E-state index contributed by atoms with van der Waals surface area (Å²) in [6, 6.07) is 1.50. The van der Waals surface area contributed by atoms with Crippen LogP contribution in [-0.4, -0.2) is 38.2 Å². The first-order chi connectivity index (χ1) is 7.60. The molecule has 1 aromatic heterocycles. The molecule has 7 heteroatoms. The second kappa shape index (κ2) is 5.78. The summed E-state index contributed by atoms with van der Waals surface area (Å²) in [5.74, 6) is 0. The molecule has 6 nitrogen and oxygen atoms in total. The van der Waals surface area contributed by atoms with Crippen LogP contribution < -0.4 is 10.0 Å². The fourth-order valence-corrected chi connectivity index (χ4v) is 2.14. The van der Waals surface area contributed by atoms with Crippen LogP contribution in [0.25, 0.3) is 0 Å². The van der Waals surface area contributed by atoms with E-state index in [-0.39, 0.29) is 18.0 Å². The van der Waals surface area contributed by atoms with Gasteiger partial charge in [-0.25, -0.2) is 13.1 Å². The van der Waals surface area contributed by atoms with Gasteiger partial charge in [-0.3, -0.25) is 4.98 Å². The predicted molar refractivity (Wildman–Crippen MR) is 60.7 cm³/mol. The Kier molecular flexibility index (Phi) is 4.66. The van der Waals surface area contributed by atoms with Gasteiger partial charge in [-0.05, 0) is 13.0 Å². The molecule has 0 aliphatic rings. The lowest BCUT2D eigenvalue weighted by molar-refractivity contribution is 0.301. The standard InChI is InChI=1S/C9H15N3O3S/c1-2-11-8-5-9(7-10-6-8)16(14,15)12-3-4-13/h5-7,11-13H,2-4H2,1H3. The second-order valence-electron chi connectivity index (χ2n) is 3.06. The zero-order chi connectivity index (χ0) is 12.0. The molecule has 16 heavy (non-hydrogen) atoms. The fraction of sp³-hybridized carbons (Fsp3) is 0.444. The SMILES string of the molecule is CCNc1cncc(S(=O)(=O)NCCO)c1. The van der Waals surface area contributed by atoms with Gasteiger partial charge in [-0.1, -0.05) is 0 Å². The van der Waals surface area contributed by atoms with Crippen molar-refractivity contribution in [3.05, 3.63) is 18.5 Å². The molecule has 0 atom stereocenters. The van der Waals surface area contributed by atoms with Gasteiger partial charge in [0.2, 0.25) is 10.0 Å². The second-order valence-corrected chi connectivity index (χ2v) is 4.83. The van der Waals surface area contributed by atoms with Crippen LogP contribution in [0.15, 0.2) is 23.4 Å². The van der Waals surface area contributed by atoms with E-state index in [4.69, 9.17) is 5.11 Å². The molecule has 0 unspecified atom stereocenters. The summed E-state index contributed by atoms with van der Waals surface area (Å²) in [5.41, 5.74) is 0.648. The number of aliphatic hydroxyl groups excluding tert-OH is 1. The van der Waals surface area contributed by atoms with Crippen molar-refractivity contribution in [2.45, 2.75) is 11.8 Å². The highest BCUT2D eigenvalue weighted by atomic mass is 32.2. The number of hydrogen-bond acceptors (Lipinski definition) is 5. The summed E-state index contributed by atoms with van der Waals surface area (Å²) >= 11 is 0. The number of nitrogens with one attached hydrogen (secondary N) is 2. The minimum atomic E-state index is -3.58. The van der Waals surface area contributed by atoms with Gasteiger partial charge in [0.25, 0.3) is 0 Å². The van der Waals surface area contributed by atoms with E-state index in [0.29, 0.717) is 12.2 Å². The highest BCUT2D eigenvalue weighted by Crippen LogP contribution is 2.12. The van der Waals surface area contributed by atoms with E-state index in [1.54, 1.807) is 6.20 Å². The van der Waals surface area contributed by atoms with Gasteiger partial charge in [0.05, 0.1) is 18.5 Å². The number of hydrogen-bond donors (Lipinski definition) is 3. The number of sulfonamides is 1. The van der Waals surface area contributed by atoms with Crippen LogP contribution in [0.3, 0.4) is 0 Å². The Morgan fingerprint density at radius 1 is 1.44 bits per heavy atom. The van der Waals surface area contributed by atoms with E-state index in [1.807, 2.05) is 6.92 Å². The molecular formula is C9H15N3O3S. The number of pyridine rings is 1. The monoisotopic (exact) mass is 245 g/mol. The van der Waals surface area contributed by atoms with Crippen LogP contribution in [0.4, 0.5) is 5.69 Å². The largest absolute Gasteiger partial charge is 0.395 e. The molecule has 0 saturated carbocycles. The number of aliphatic hydroxyl groups is 1. The van der Waals surface area contributed by atoms with Gasteiger partial charge in [0, 0.05) is 19.3 Å². The molecule has 1 aromatic rings. The lowest BCUT2D eigenvalue weighted by atomic mass is 10.4. The first-order valence-corrected chi connectivity index (χ1v) is 6.38. The van der Waals surface area contributed by atoms with Crippen molar-refractivity contribution in [1.29, 1.82) is 0 Å². The van der Waals surface area contributed by atoms with E-state index in [9.17, 15) is 8.42 Å². The summed E-state index contributed by atoms with van der Waals surface area (Å²) in [6.07, 6.45) is 2.81. The third-order valence-corrected chi connectivity index (χ3v) is 3.24. The maximum Gasteiger partial charge on any atom is 0.242 e. The molecule has 0 aliphatic carbocycles. The van der Waals surface area contributed by atoms with E-state index in [1.165, 1.54) is 12.3 Å². The van der Waals surface area contributed by atoms with Crippen LogP contribution >= 0.6 is 0 Å². The van der Waals surface area contributed by atoms with Crippen LogP contribution in [0, 0.1) is 0 Å². The summed E-state index contributed by atoms with van der Waals surface area (Å²) in [5, 5.41) is 11.5. The summed E-state index contributed by atoms with van der Waals surface area (Å²) < 4.78 is 25.6. The molecule has 3 N–H and O–H groups in total. The zero-order valence-corrected chi connectivity index (χ0v) is 9.79. The van der Waals surface area contributed by atoms with E-state index < -0.39 is 10.0 Å². The van der Waals surface area contributed by atoms with Crippen molar-refractivity contribution in [3.8, 4) is 0 Å². The number of anilines is 1. The minimum absolute atomic E-state index is 0.00618. The zero-order valence-electron chi connectivity index (χ0n) is 8.97. The van der Waals surface area contributed by atoms with Crippen molar-refractivity contribution in [2.75, 3.05) is 25.0 Å². The first-order valence-electron chi connectivity index (χ1n) is 4.89.